The van der Waals surface area contributed by atoms with E-state index in [4.69, 9.17) is 9.47 Å². The van der Waals surface area contributed by atoms with Crippen LogP contribution in [0.3, 0.4) is 0 Å². The van der Waals surface area contributed by atoms with Gasteiger partial charge in [0.25, 0.3) is 11.1 Å². The third kappa shape index (κ3) is 7.36. The maximum absolute atomic E-state index is 13.1. The number of carbonyl (C=O) groups excluding carboxylic acids is 3. The zero-order valence-corrected chi connectivity index (χ0v) is 22.2. The summed E-state index contributed by atoms with van der Waals surface area (Å²) in [4.78, 5) is 36.6. The summed E-state index contributed by atoms with van der Waals surface area (Å²) in [5.74, 6) is 0.483. The number of hydrogen-bond donors (Lipinski definition) is 1. The molecule has 0 bridgehead atoms. The number of amides is 2. The van der Waals surface area contributed by atoms with Crippen LogP contribution in [0.5, 0.6) is 11.5 Å². The molecule has 1 aliphatic rings. The van der Waals surface area contributed by atoms with E-state index in [9.17, 15) is 14.4 Å². The molecule has 1 saturated heterocycles. The first-order chi connectivity index (χ1) is 19.5. The van der Waals surface area contributed by atoms with E-state index in [0.717, 1.165) is 34.0 Å². The van der Waals surface area contributed by atoms with Crippen LogP contribution in [0, 0.1) is 0 Å². The van der Waals surface area contributed by atoms with Gasteiger partial charge in [0.05, 0.1) is 4.91 Å². The van der Waals surface area contributed by atoms with Gasteiger partial charge in [0.1, 0.15) is 24.7 Å². The monoisotopic (exact) mass is 547 g/mol. The van der Waals surface area contributed by atoms with Crippen LogP contribution in [-0.4, -0.2) is 16.9 Å². The smallest absolute Gasteiger partial charge is 0.290 e. The summed E-state index contributed by atoms with van der Waals surface area (Å²) in [6.07, 6.45) is 4.88. The first-order valence-electron chi connectivity index (χ1n) is 12.6. The zero-order chi connectivity index (χ0) is 27.7. The molecule has 0 radical (unpaired) electrons. The van der Waals surface area contributed by atoms with E-state index in [0.29, 0.717) is 35.2 Å². The SMILES string of the molecule is O=C1NC(=O)/C(=C/c2ccc(/C=C/C(=O)c3cc(OCc4ccccc4)cc(OCc4ccccc4)c3)cc2)S1. The second kappa shape index (κ2) is 12.8. The summed E-state index contributed by atoms with van der Waals surface area (Å²) in [5, 5.41) is 1.86. The highest BCUT2D eigenvalue weighted by Gasteiger charge is 2.24. The van der Waals surface area contributed by atoms with Gasteiger partial charge in [-0.1, -0.05) is 91.0 Å². The lowest BCUT2D eigenvalue weighted by Gasteiger charge is -2.12. The van der Waals surface area contributed by atoms with Crippen molar-refractivity contribution in [3.63, 3.8) is 0 Å². The summed E-state index contributed by atoms with van der Waals surface area (Å²) in [6.45, 7) is 0.729. The third-order valence-corrected chi connectivity index (χ3v) is 6.78. The molecule has 0 saturated carbocycles. The summed E-state index contributed by atoms with van der Waals surface area (Å²) in [7, 11) is 0. The van der Waals surface area contributed by atoms with Gasteiger partial charge in [-0.05, 0) is 58.3 Å². The molecule has 1 heterocycles. The molecule has 1 N–H and O–H groups in total. The second-order valence-corrected chi connectivity index (χ2v) is 9.97. The molecule has 2 amide bonds. The molecule has 0 atom stereocenters. The van der Waals surface area contributed by atoms with Crippen molar-refractivity contribution in [2.45, 2.75) is 13.2 Å². The molecular weight excluding hydrogens is 522 g/mol. The van der Waals surface area contributed by atoms with E-state index in [-0.39, 0.29) is 11.0 Å². The van der Waals surface area contributed by atoms with Crippen LogP contribution in [0.1, 0.15) is 32.6 Å². The Bertz CT molecular complexity index is 1520. The largest absolute Gasteiger partial charge is 0.489 e. The van der Waals surface area contributed by atoms with Crippen LogP contribution >= 0.6 is 11.8 Å². The number of benzene rings is 4. The average molecular weight is 548 g/mol. The van der Waals surface area contributed by atoms with E-state index >= 15 is 0 Å². The normalized spacial score (nSPS) is 13.9. The number of ketones is 1. The van der Waals surface area contributed by atoms with Crippen LogP contribution < -0.4 is 14.8 Å². The van der Waals surface area contributed by atoms with Crippen LogP contribution in [-0.2, 0) is 18.0 Å². The highest BCUT2D eigenvalue weighted by atomic mass is 32.2. The minimum absolute atomic E-state index is 0.196. The summed E-state index contributed by atoms with van der Waals surface area (Å²) < 4.78 is 12.0. The van der Waals surface area contributed by atoms with E-state index in [1.54, 1.807) is 30.4 Å². The summed E-state index contributed by atoms with van der Waals surface area (Å²) in [6, 6.07) is 32.2. The summed E-state index contributed by atoms with van der Waals surface area (Å²) in [5.41, 5.74) is 4.07. The quantitative estimate of drug-likeness (QED) is 0.169. The highest BCUT2D eigenvalue weighted by molar-refractivity contribution is 8.18. The maximum Gasteiger partial charge on any atom is 0.290 e. The molecule has 0 aliphatic carbocycles. The Labute approximate surface area is 236 Å². The molecular formula is C33H25NO5S. The maximum atomic E-state index is 13.1. The Hall–Kier alpha value is -4.88. The first-order valence-corrected chi connectivity index (χ1v) is 13.4. The minimum atomic E-state index is -0.397. The zero-order valence-electron chi connectivity index (χ0n) is 21.4. The third-order valence-electron chi connectivity index (χ3n) is 5.96. The van der Waals surface area contributed by atoms with E-state index in [2.05, 4.69) is 5.32 Å². The number of nitrogens with one attached hydrogen (secondary N) is 1. The van der Waals surface area contributed by atoms with Gasteiger partial charge < -0.3 is 9.47 Å². The van der Waals surface area contributed by atoms with Gasteiger partial charge in [0.2, 0.25) is 0 Å². The van der Waals surface area contributed by atoms with Gasteiger partial charge in [0.15, 0.2) is 5.78 Å². The van der Waals surface area contributed by atoms with Crippen LogP contribution in [0.15, 0.2) is 114 Å². The number of rotatable bonds is 10. The molecule has 1 aliphatic heterocycles. The van der Waals surface area contributed by atoms with E-state index < -0.39 is 5.91 Å². The predicted octanol–water partition coefficient (Wildman–Crippen LogP) is 7.06. The molecule has 6 nitrogen and oxygen atoms in total. The van der Waals surface area contributed by atoms with Crippen LogP contribution in [0.25, 0.3) is 12.2 Å². The molecule has 4 aromatic carbocycles. The fourth-order valence-electron chi connectivity index (χ4n) is 3.91. The predicted molar refractivity (Wildman–Crippen MR) is 157 cm³/mol. The lowest BCUT2D eigenvalue weighted by atomic mass is 10.1. The van der Waals surface area contributed by atoms with Crippen molar-refractivity contribution in [2.75, 3.05) is 0 Å². The lowest BCUT2D eigenvalue weighted by Crippen LogP contribution is -2.17. The molecule has 0 aromatic heterocycles. The molecule has 1 fully saturated rings. The molecule has 198 valence electrons. The number of thioether (sulfide) groups is 1. The van der Waals surface area contributed by atoms with Gasteiger partial charge in [-0.15, -0.1) is 0 Å². The molecule has 0 unspecified atom stereocenters. The standard InChI is InChI=1S/C33H25NO5S/c35-30(16-15-23-11-13-24(14-12-23)17-31-32(36)34-33(37)40-31)27-18-28(38-21-25-7-3-1-4-8-25)20-29(19-27)39-22-26-9-5-2-6-10-26/h1-20H,21-22H2,(H,34,36,37)/b16-15+,31-17-. The van der Waals surface area contributed by atoms with Gasteiger partial charge in [-0.2, -0.15) is 0 Å². The van der Waals surface area contributed by atoms with Crippen molar-refractivity contribution >= 4 is 40.8 Å². The van der Waals surface area contributed by atoms with Crippen molar-refractivity contribution in [3.8, 4) is 11.5 Å². The Kier molecular flexibility index (Phi) is 8.53. The van der Waals surface area contributed by atoms with Crippen LogP contribution in [0.2, 0.25) is 0 Å². The number of allylic oxidation sites excluding steroid dienone is 1. The van der Waals surface area contributed by atoms with Crippen molar-refractivity contribution in [1.82, 2.24) is 5.32 Å². The molecule has 7 heteroatoms. The van der Waals surface area contributed by atoms with Gasteiger partial charge in [0, 0.05) is 11.6 Å². The first kappa shape index (κ1) is 26.7. The Balaban J connectivity index is 1.30. The Morgan fingerprint density at radius 2 is 1.27 bits per heavy atom. The molecule has 40 heavy (non-hydrogen) atoms. The van der Waals surface area contributed by atoms with Crippen molar-refractivity contribution in [1.29, 1.82) is 0 Å². The highest BCUT2D eigenvalue weighted by Crippen LogP contribution is 2.27. The fraction of sp³-hybridized carbons (Fsp3) is 0.0606. The number of hydrogen-bond acceptors (Lipinski definition) is 6. The molecule has 5 rings (SSSR count). The minimum Gasteiger partial charge on any atom is -0.489 e. The second-order valence-electron chi connectivity index (χ2n) is 8.96. The van der Waals surface area contributed by atoms with E-state index in [1.165, 1.54) is 6.08 Å². The number of carbonyl (C=O) groups is 3. The van der Waals surface area contributed by atoms with Crippen molar-refractivity contribution < 1.29 is 23.9 Å². The number of ether oxygens (including phenoxy) is 2. The lowest BCUT2D eigenvalue weighted by molar-refractivity contribution is -0.115. The summed E-state index contributed by atoms with van der Waals surface area (Å²) >= 11 is 0.873. The molecule has 0 spiro atoms. The Morgan fingerprint density at radius 1 is 0.725 bits per heavy atom. The fourth-order valence-corrected chi connectivity index (χ4v) is 4.59. The topological polar surface area (TPSA) is 81.7 Å². The van der Waals surface area contributed by atoms with Crippen molar-refractivity contribution in [2.24, 2.45) is 0 Å². The van der Waals surface area contributed by atoms with Gasteiger partial charge in [-0.3, -0.25) is 19.7 Å². The van der Waals surface area contributed by atoms with Crippen molar-refractivity contribution in [3.05, 3.63) is 142 Å². The average Bonchev–Trinajstić information content (AvgIpc) is 3.31. The van der Waals surface area contributed by atoms with Gasteiger partial charge in [-0.25, -0.2) is 0 Å². The number of imide groups is 1. The van der Waals surface area contributed by atoms with E-state index in [1.807, 2.05) is 84.9 Å². The van der Waals surface area contributed by atoms with Crippen LogP contribution in [0.4, 0.5) is 4.79 Å². The Morgan fingerprint density at radius 3 is 1.80 bits per heavy atom. The molecule has 4 aromatic rings. The van der Waals surface area contributed by atoms with Gasteiger partial charge >= 0.3 is 0 Å².